The van der Waals surface area contributed by atoms with Gasteiger partial charge in [0.05, 0.1) is 22.8 Å². The molecule has 2 aromatic heterocycles. The predicted molar refractivity (Wildman–Crippen MR) is 156 cm³/mol. The normalized spacial score (nSPS) is 22.8. The van der Waals surface area contributed by atoms with Gasteiger partial charge >= 0.3 is 5.97 Å². The number of fused-ring (bicyclic) bond motifs is 1. The van der Waals surface area contributed by atoms with Crippen LogP contribution in [0.2, 0.25) is 0 Å². The van der Waals surface area contributed by atoms with Gasteiger partial charge in [0, 0.05) is 36.7 Å². The third-order valence-corrected chi connectivity index (χ3v) is 9.01. The van der Waals surface area contributed by atoms with Crippen molar-refractivity contribution in [2.75, 3.05) is 19.6 Å². The van der Waals surface area contributed by atoms with Crippen LogP contribution in [0.25, 0.3) is 16.9 Å². The molecule has 0 spiro atoms. The largest absolute Gasteiger partial charge is 0.481 e. The molecule has 2 fully saturated rings. The van der Waals surface area contributed by atoms with Crippen molar-refractivity contribution in [2.45, 2.75) is 78.2 Å². The lowest BCUT2D eigenvalue weighted by Gasteiger charge is -2.48. The molecule has 2 aliphatic rings. The van der Waals surface area contributed by atoms with E-state index in [0.29, 0.717) is 56.7 Å². The maximum Gasteiger partial charge on any atom is 0.309 e. The molecule has 42 heavy (non-hydrogen) atoms. The molecule has 1 saturated heterocycles. The van der Waals surface area contributed by atoms with Crippen LogP contribution in [0.15, 0.2) is 36.5 Å². The Bertz CT molecular complexity index is 1530. The minimum atomic E-state index is -0.801. The second kappa shape index (κ2) is 10.5. The van der Waals surface area contributed by atoms with Gasteiger partial charge in [-0.1, -0.05) is 20.8 Å². The molecule has 0 radical (unpaired) electrons. The first-order valence-electron chi connectivity index (χ1n) is 14.6. The molecule has 1 aliphatic carbocycles. The first kappa shape index (κ1) is 29.7. The van der Waals surface area contributed by atoms with Crippen LogP contribution in [0.1, 0.15) is 83.3 Å². The van der Waals surface area contributed by atoms with Crippen LogP contribution in [0.5, 0.6) is 0 Å². The number of amides is 2. The first-order valence-corrected chi connectivity index (χ1v) is 14.6. The van der Waals surface area contributed by atoms with E-state index >= 15 is 0 Å². The maximum atomic E-state index is 13.9. The SMILES string of the molecule is CC(C)(C)c1cc(-c2ccc(F)cc2)nn2cc(C(=O)N3CCN(C(=O)[C@H]4CC[C@](C)(C(=O)O)CC4)CC3(C)C)nc12. The van der Waals surface area contributed by atoms with E-state index in [1.165, 1.54) is 12.1 Å². The van der Waals surface area contributed by atoms with E-state index < -0.39 is 16.9 Å². The van der Waals surface area contributed by atoms with Gasteiger partial charge in [0.15, 0.2) is 5.65 Å². The van der Waals surface area contributed by atoms with Crippen LogP contribution in [0.4, 0.5) is 4.39 Å². The molecule has 3 aromatic rings. The van der Waals surface area contributed by atoms with Crippen molar-refractivity contribution in [1.29, 1.82) is 0 Å². The van der Waals surface area contributed by atoms with Gasteiger partial charge in [-0.15, -0.1) is 0 Å². The van der Waals surface area contributed by atoms with Gasteiger partial charge in [-0.3, -0.25) is 14.4 Å². The van der Waals surface area contributed by atoms with Gasteiger partial charge < -0.3 is 14.9 Å². The Morgan fingerprint density at radius 1 is 1.02 bits per heavy atom. The van der Waals surface area contributed by atoms with Crippen LogP contribution >= 0.6 is 0 Å². The smallest absolute Gasteiger partial charge is 0.309 e. The van der Waals surface area contributed by atoms with Gasteiger partial charge in [0.2, 0.25) is 5.91 Å². The summed E-state index contributed by atoms with van der Waals surface area (Å²) < 4.78 is 15.2. The number of aliphatic carboxylic acids is 1. The Hall–Kier alpha value is -3.82. The highest BCUT2D eigenvalue weighted by Crippen LogP contribution is 2.40. The highest BCUT2D eigenvalue weighted by Gasteiger charge is 2.44. The third-order valence-electron chi connectivity index (χ3n) is 9.01. The van der Waals surface area contributed by atoms with Crippen molar-refractivity contribution < 1.29 is 23.9 Å². The number of hydrogen-bond donors (Lipinski definition) is 1. The van der Waals surface area contributed by atoms with Gasteiger partial charge in [-0.2, -0.15) is 5.10 Å². The van der Waals surface area contributed by atoms with E-state index in [4.69, 9.17) is 10.1 Å². The van der Waals surface area contributed by atoms with Gasteiger partial charge in [0.25, 0.3) is 5.91 Å². The van der Waals surface area contributed by atoms with E-state index in [2.05, 4.69) is 20.8 Å². The average molecular weight is 578 g/mol. The Morgan fingerprint density at radius 3 is 2.24 bits per heavy atom. The van der Waals surface area contributed by atoms with Gasteiger partial charge in [0.1, 0.15) is 11.5 Å². The standard InChI is InChI=1S/C32H40FN5O4/c1-30(2,3)23-17-24(20-7-9-22(33)10-8-20)35-38-18-25(34-26(23)38)28(40)37-16-15-36(19-31(37,4)5)27(39)21-11-13-32(6,14-12-21)29(41)42/h7-10,17-18,21H,11-16,19H2,1-6H3,(H,41,42)/t21-,32-. The molecule has 1 aliphatic heterocycles. The van der Waals surface area contributed by atoms with Crippen molar-refractivity contribution in [2.24, 2.45) is 11.3 Å². The fraction of sp³-hybridized carbons (Fsp3) is 0.531. The second-order valence-corrected chi connectivity index (χ2v) is 13.8. The number of carboxylic acids is 1. The average Bonchev–Trinajstić information content (AvgIpc) is 3.36. The van der Waals surface area contributed by atoms with Crippen LogP contribution in [0.3, 0.4) is 0 Å². The molecule has 1 saturated carbocycles. The Balaban J connectivity index is 1.36. The summed E-state index contributed by atoms with van der Waals surface area (Å²) in [4.78, 5) is 47.3. The number of aromatic nitrogens is 3. The van der Waals surface area contributed by atoms with Crippen LogP contribution in [0, 0.1) is 17.2 Å². The molecule has 0 unspecified atom stereocenters. The van der Waals surface area contributed by atoms with Crippen LogP contribution in [-0.4, -0.2) is 72.5 Å². The molecule has 2 amide bonds. The van der Waals surface area contributed by atoms with Crippen LogP contribution < -0.4 is 0 Å². The molecule has 224 valence electrons. The topological polar surface area (TPSA) is 108 Å². The lowest BCUT2D eigenvalue weighted by molar-refractivity contribution is -0.153. The minimum Gasteiger partial charge on any atom is -0.481 e. The van der Waals surface area contributed by atoms with E-state index in [-0.39, 0.29) is 34.7 Å². The van der Waals surface area contributed by atoms with E-state index in [0.717, 1.165) is 11.1 Å². The summed E-state index contributed by atoms with van der Waals surface area (Å²) in [5.74, 6) is -1.50. The van der Waals surface area contributed by atoms with E-state index in [9.17, 15) is 23.9 Å². The monoisotopic (exact) mass is 577 g/mol. The number of carbonyl (C=O) groups excluding carboxylic acids is 2. The fourth-order valence-corrected chi connectivity index (χ4v) is 6.23. The highest BCUT2D eigenvalue weighted by molar-refractivity contribution is 5.94. The van der Waals surface area contributed by atoms with Crippen molar-refractivity contribution in [3.05, 3.63) is 53.6 Å². The molecule has 3 heterocycles. The molecule has 0 atom stereocenters. The number of imidazole rings is 1. The third kappa shape index (κ3) is 5.51. The maximum absolute atomic E-state index is 13.9. The second-order valence-electron chi connectivity index (χ2n) is 13.8. The van der Waals surface area contributed by atoms with E-state index in [1.807, 2.05) is 24.8 Å². The van der Waals surface area contributed by atoms with Gasteiger partial charge in [-0.25, -0.2) is 13.9 Å². The molecular weight excluding hydrogens is 537 g/mol. The number of halogens is 1. The van der Waals surface area contributed by atoms with E-state index in [1.54, 1.807) is 34.7 Å². The molecule has 9 nitrogen and oxygen atoms in total. The Morgan fingerprint density at radius 2 is 1.67 bits per heavy atom. The number of piperazine rings is 1. The molecular formula is C32H40FN5O4. The lowest BCUT2D eigenvalue weighted by atomic mass is 9.71. The molecule has 0 bridgehead atoms. The minimum absolute atomic E-state index is 0.0442. The number of rotatable bonds is 4. The van der Waals surface area contributed by atoms with Crippen molar-refractivity contribution in [1.82, 2.24) is 24.4 Å². The Kier molecular flexibility index (Phi) is 7.39. The fourth-order valence-electron chi connectivity index (χ4n) is 6.23. The zero-order chi connectivity index (χ0) is 30.6. The number of nitrogens with zero attached hydrogens (tertiary/aromatic N) is 5. The number of carboxylic acid groups (broad SMARTS) is 1. The predicted octanol–water partition coefficient (Wildman–Crippen LogP) is 5.18. The zero-order valence-corrected chi connectivity index (χ0v) is 25.3. The summed E-state index contributed by atoms with van der Waals surface area (Å²) in [7, 11) is 0. The number of hydrogen-bond acceptors (Lipinski definition) is 5. The number of carbonyl (C=O) groups is 3. The summed E-state index contributed by atoms with van der Waals surface area (Å²) in [5, 5.41) is 14.2. The lowest BCUT2D eigenvalue weighted by Crippen LogP contribution is -2.62. The van der Waals surface area contributed by atoms with Gasteiger partial charge in [-0.05, 0) is 82.2 Å². The summed E-state index contributed by atoms with van der Waals surface area (Å²) >= 11 is 0. The molecule has 1 N–H and O–H groups in total. The summed E-state index contributed by atoms with van der Waals surface area (Å²) in [6.45, 7) is 13.0. The van der Waals surface area contributed by atoms with Crippen molar-refractivity contribution in [3.8, 4) is 11.3 Å². The molecule has 5 rings (SSSR count). The first-order chi connectivity index (χ1) is 19.6. The van der Waals surface area contributed by atoms with Crippen LogP contribution in [-0.2, 0) is 15.0 Å². The highest BCUT2D eigenvalue weighted by atomic mass is 19.1. The molecule has 1 aromatic carbocycles. The quantitative estimate of drug-likeness (QED) is 0.458. The van der Waals surface area contributed by atoms with Crippen molar-refractivity contribution >= 4 is 23.4 Å². The van der Waals surface area contributed by atoms with Crippen molar-refractivity contribution in [3.63, 3.8) is 0 Å². The Labute approximate surface area is 245 Å². The summed E-state index contributed by atoms with van der Waals surface area (Å²) in [5.41, 5.74) is 1.50. The number of benzene rings is 1. The molecule has 10 heteroatoms. The zero-order valence-electron chi connectivity index (χ0n) is 25.3. The summed E-state index contributed by atoms with van der Waals surface area (Å²) in [6, 6.07) is 8.10. The summed E-state index contributed by atoms with van der Waals surface area (Å²) in [6.07, 6.45) is 3.75.